The first-order chi connectivity index (χ1) is 10.1. The van der Waals surface area contributed by atoms with Crippen molar-refractivity contribution in [3.8, 4) is 0 Å². The van der Waals surface area contributed by atoms with Crippen LogP contribution >= 0.6 is 0 Å². The molecule has 1 aromatic rings. The van der Waals surface area contributed by atoms with Crippen LogP contribution in [0, 0.1) is 6.92 Å². The smallest absolute Gasteiger partial charge is 0.133 e. The van der Waals surface area contributed by atoms with Crippen LogP contribution in [0.25, 0.3) is 0 Å². The third kappa shape index (κ3) is 4.64. The zero-order valence-corrected chi connectivity index (χ0v) is 13.7. The number of hydrogen-bond donors (Lipinski definition) is 1. The van der Waals surface area contributed by atoms with Crippen LogP contribution in [0.2, 0.25) is 0 Å². The van der Waals surface area contributed by atoms with Gasteiger partial charge < -0.3 is 10.6 Å². The molecule has 1 saturated heterocycles. The summed E-state index contributed by atoms with van der Waals surface area (Å²) in [5, 5.41) is 0. The molecule has 0 aromatic carbocycles. The van der Waals surface area contributed by atoms with Crippen molar-refractivity contribution in [2.75, 3.05) is 44.2 Å². The highest BCUT2D eigenvalue weighted by atomic mass is 15.3. The number of piperazine rings is 1. The van der Waals surface area contributed by atoms with Gasteiger partial charge in [-0.1, -0.05) is 13.8 Å². The van der Waals surface area contributed by atoms with Crippen molar-refractivity contribution in [1.29, 1.82) is 0 Å². The fourth-order valence-corrected chi connectivity index (χ4v) is 2.67. The monoisotopic (exact) mass is 291 g/mol. The van der Waals surface area contributed by atoms with Gasteiger partial charge in [0, 0.05) is 43.9 Å². The Labute approximate surface area is 128 Å². The van der Waals surface area contributed by atoms with Crippen LogP contribution in [0.15, 0.2) is 6.07 Å². The van der Waals surface area contributed by atoms with E-state index in [1.54, 1.807) is 0 Å². The van der Waals surface area contributed by atoms with Crippen LogP contribution in [-0.4, -0.2) is 54.1 Å². The molecule has 5 nitrogen and oxygen atoms in total. The molecule has 2 N–H and O–H groups in total. The quantitative estimate of drug-likeness (QED) is 0.810. The lowest BCUT2D eigenvalue weighted by Gasteiger charge is -2.35. The van der Waals surface area contributed by atoms with Gasteiger partial charge in [0.05, 0.1) is 0 Å². The normalized spacial score (nSPS) is 16.7. The minimum Gasteiger partial charge on any atom is -0.354 e. The standard InChI is InChI=1S/C16H29N5/c1-13(2)16-18-14(3)12-15(19-16)21-10-8-20(9-11-21)7-5-4-6-17/h12-13H,4-11,17H2,1-3H3. The van der Waals surface area contributed by atoms with Gasteiger partial charge in [-0.25, -0.2) is 9.97 Å². The second-order valence-corrected chi connectivity index (χ2v) is 6.20. The van der Waals surface area contributed by atoms with Gasteiger partial charge in [-0.2, -0.15) is 0 Å². The predicted octanol–water partition coefficient (Wildman–Crippen LogP) is 1.77. The van der Waals surface area contributed by atoms with E-state index < -0.39 is 0 Å². The summed E-state index contributed by atoms with van der Waals surface area (Å²) in [5.74, 6) is 2.42. The molecule has 0 radical (unpaired) electrons. The van der Waals surface area contributed by atoms with Crippen molar-refractivity contribution in [3.05, 3.63) is 17.6 Å². The van der Waals surface area contributed by atoms with Crippen LogP contribution in [0.1, 0.15) is 44.1 Å². The molecule has 0 saturated carbocycles. The largest absolute Gasteiger partial charge is 0.354 e. The summed E-state index contributed by atoms with van der Waals surface area (Å²) in [5.41, 5.74) is 6.62. The third-order valence-corrected chi connectivity index (χ3v) is 4.00. The van der Waals surface area contributed by atoms with Gasteiger partial charge in [0.2, 0.25) is 0 Å². The van der Waals surface area contributed by atoms with Gasteiger partial charge in [0.15, 0.2) is 0 Å². The van der Waals surface area contributed by atoms with Crippen LogP contribution in [-0.2, 0) is 0 Å². The minimum absolute atomic E-state index is 0.376. The van der Waals surface area contributed by atoms with Gasteiger partial charge in [-0.05, 0) is 32.9 Å². The van der Waals surface area contributed by atoms with Crippen LogP contribution < -0.4 is 10.6 Å². The molecular weight excluding hydrogens is 262 g/mol. The first-order valence-corrected chi connectivity index (χ1v) is 8.13. The molecule has 1 aliphatic rings. The first kappa shape index (κ1) is 16.2. The Morgan fingerprint density at radius 3 is 2.48 bits per heavy atom. The van der Waals surface area contributed by atoms with E-state index in [2.05, 4.69) is 41.6 Å². The van der Waals surface area contributed by atoms with E-state index >= 15 is 0 Å². The fraction of sp³-hybridized carbons (Fsp3) is 0.750. The number of anilines is 1. The van der Waals surface area contributed by atoms with Crippen molar-refractivity contribution < 1.29 is 0 Å². The van der Waals surface area contributed by atoms with Gasteiger partial charge in [-0.15, -0.1) is 0 Å². The molecule has 2 heterocycles. The summed E-state index contributed by atoms with van der Waals surface area (Å²) < 4.78 is 0. The number of hydrogen-bond acceptors (Lipinski definition) is 5. The molecule has 1 aromatic heterocycles. The number of unbranched alkanes of at least 4 members (excludes halogenated alkanes) is 1. The Morgan fingerprint density at radius 1 is 1.14 bits per heavy atom. The molecular formula is C16H29N5. The molecule has 5 heteroatoms. The Bertz CT molecular complexity index is 438. The Hall–Kier alpha value is -1.20. The minimum atomic E-state index is 0.376. The zero-order chi connectivity index (χ0) is 15.2. The van der Waals surface area contributed by atoms with Gasteiger partial charge in [-0.3, -0.25) is 4.90 Å². The van der Waals surface area contributed by atoms with E-state index in [-0.39, 0.29) is 0 Å². The average molecular weight is 291 g/mol. The van der Waals surface area contributed by atoms with E-state index in [0.29, 0.717) is 5.92 Å². The molecule has 0 atom stereocenters. The fourth-order valence-electron chi connectivity index (χ4n) is 2.67. The van der Waals surface area contributed by atoms with Crippen LogP contribution in [0.4, 0.5) is 5.82 Å². The summed E-state index contributed by atoms with van der Waals surface area (Å²) in [4.78, 5) is 14.2. The lowest BCUT2D eigenvalue weighted by atomic mass is 10.2. The molecule has 1 fully saturated rings. The molecule has 0 aliphatic carbocycles. The van der Waals surface area contributed by atoms with E-state index in [4.69, 9.17) is 10.7 Å². The number of aromatic nitrogens is 2. The molecule has 0 spiro atoms. The van der Waals surface area contributed by atoms with Gasteiger partial charge >= 0.3 is 0 Å². The highest BCUT2D eigenvalue weighted by Crippen LogP contribution is 2.18. The molecule has 0 amide bonds. The topological polar surface area (TPSA) is 58.3 Å². The molecule has 0 unspecified atom stereocenters. The molecule has 21 heavy (non-hydrogen) atoms. The summed E-state index contributed by atoms with van der Waals surface area (Å²) in [6.45, 7) is 12.7. The van der Waals surface area contributed by atoms with Crippen molar-refractivity contribution in [2.24, 2.45) is 5.73 Å². The number of nitrogens with two attached hydrogens (primary N) is 1. The van der Waals surface area contributed by atoms with E-state index in [1.807, 2.05) is 0 Å². The number of rotatable bonds is 6. The van der Waals surface area contributed by atoms with Crippen molar-refractivity contribution >= 4 is 5.82 Å². The Morgan fingerprint density at radius 2 is 1.86 bits per heavy atom. The van der Waals surface area contributed by atoms with Gasteiger partial charge in [0.1, 0.15) is 11.6 Å². The second-order valence-electron chi connectivity index (χ2n) is 6.20. The van der Waals surface area contributed by atoms with Gasteiger partial charge in [0.25, 0.3) is 0 Å². The van der Waals surface area contributed by atoms with E-state index in [0.717, 1.165) is 56.5 Å². The first-order valence-electron chi connectivity index (χ1n) is 8.13. The Balaban J connectivity index is 1.93. The maximum absolute atomic E-state index is 5.55. The van der Waals surface area contributed by atoms with Crippen molar-refractivity contribution in [3.63, 3.8) is 0 Å². The number of aryl methyl sites for hydroxylation is 1. The molecule has 118 valence electrons. The van der Waals surface area contributed by atoms with Crippen LogP contribution in [0.5, 0.6) is 0 Å². The van der Waals surface area contributed by atoms with E-state index in [9.17, 15) is 0 Å². The third-order valence-electron chi connectivity index (χ3n) is 4.00. The SMILES string of the molecule is Cc1cc(N2CCN(CCCCN)CC2)nc(C(C)C)n1. The van der Waals surface area contributed by atoms with E-state index in [1.165, 1.54) is 13.0 Å². The maximum atomic E-state index is 5.55. The Kier molecular flexibility index (Phi) is 5.94. The lowest BCUT2D eigenvalue weighted by molar-refractivity contribution is 0.253. The maximum Gasteiger partial charge on any atom is 0.133 e. The van der Waals surface area contributed by atoms with Crippen LogP contribution in [0.3, 0.4) is 0 Å². The summed E-state index contributed by atoms with van der Waals surface area (Å²) >= 11 is 0. The molecule has 1 aliphatic heterocycles. The zero-order valence-electron chi connectivity index (χ0n) is 13.7. The average Bonchev–Trinajstić information content (AvgIpc) is 2.47. The summed E-state index contributed by atoms with van der Waals surface area (Å²) in [7, 11) is 0. The summed E-state index contributed by atoms with van der Waals surface area (Å²) in [6.07, 6.45) is 2.34. The highest BCUT2D eigenvalue weighted by molar-refractivity contribution is 5.40. The predicted molar refractivity (Wildman–Crippen MR) is 87.8 cm³/mol. The molecule has 2 rings (SSSR count). The lowest BCUT2D eigenvalue weighted by Crippen LogP contribution is -2.47. The highest BCUT2D eigenvalue weighted by Gasteiger charge is 2.19. The number of nitrogens with zero attached hydrogens (tertiary/aromatic N) is 4. The summed E-state index contributed by atoms with van der Waals surface area (Å²) in [6, 6.07) is 2.11. The van der Waals surface area contributed by atoms with Crippen molar-refractivity contribution in [2.45, 2.75) is 39.5 Å². The van der Waals surface area contributed by atoms with Crippen molar-refractivity contribution in [1.82, 2.24) is 14.9 Å². The second kappa shape index (κ2) is 7.71. The molecule has 0 bridgehead atoms.